The SMILES string of the molecule is CC(C(=O)NNC(=O)C1C(=O)Nc2ccccc2C1=O)C(C)(C)C. The van der Waals surface area contributed by atoms with E-state index in [0.717, 1.165) is 0 Å². The quantitative estimate of drug-likeness (QED) is 0.560. The van der Waals surface area contributed by atoms with Crippen LogP contribution < -0.4 is 16.2 Å². The van der Waals surface area contributed by atoms with Crippen LogP contribution in [-0.2, 0) is 14.4 Å². The summed E-state index contributed by atoms with van der Waals surface area (Å²) < 4.78 is 0. The fourth-order valence-corrected chi connectivity index (χ4v) is 2.22. The highest BCUT2D eigenvalue weighted by Gasteiger charge is 2.40. The van der Waals surface area contributed by atoms with Gasteiger partial charge >= 0.3 is 0 Å². The number of nitrogens with one attached hydrogen (secondary N) is 3. The Labute approximate surface area is 140 Å². The summed E-state index contributed by atoms with van der Waals surface area (Å²) in [5.74, 6) is -4.44. The molecule has 2 atom stereocenters. The van der Waals surface area contributed by atoms with Crippen molar-refractivity contribution in [1.29, 1.82) is 0 Å². The fourth-order valence-electron chi connectivity index (χ4n) is 2.22. The number of ketones is 1. The number of amides is 3. The fraction of sp³-hybridized carbons (Fsp3) is 0.412. The summed E-state index contributed by atoms with van der Waals surface area (Å²) in [5, 5.41) is 2.52. The van der Waals surface area contributed by atoms with Gasteiger partial charge in [-0.2, -0.15) is 0 Å². The lowest BCUT2D eigenvalue weighted by molar-refractivity contribution is -0.136. The summed E-state index contributed by atoms with van der Waals surface area (Å²) in [4.78, 5) is 48.6. The molecule has 0 aliphatic carbocycles. The van der Waals surface area contributed by atoms with Crippen molar-refractivity contribution in [3.8, 4) is 0 Å². The van der Waals surface area contributed by atoms with E-state index < -0.39 is 23.5 Å². The Morgan fingerprint density at radius 1 is 1.12 bits per heavy atom. The van der Waals surface area contributed by atoms with E-state index in [1.807, 2.05) is 20.8 Å². The predicted molar refractivity (Wildman–Crippen MR) is 87.8 cm³/mol. The first-order chi connectivity index (χ1) is 11.1. The second-order valence-electron chi connectivity index (χ2n) is 6.90. The summed E-state index contributed by atoms with van der Waals surface area (Å²) in [7, 11) is 0. The van der Waals surface area contributed by atoms with E-state index in [0.29, 0.717) is 5.69 Å². The number of hydrogen-bond donors (Lipinski definition) is 3. The molecule has 0 saturated carbocycles. The molecule has 0 aromatic heterocycles. The van der Waals surface area contributed by atoms with E-state index in [9.17, 15) is 19.2 Å². The molecule has 7 nitrogen and oxygen atoms in total. The van der Waals surface area contributed by atoms with Crippen molar-refractivity contribution in [3.05, 3.63) is 29.8 Å². The first-order valence-electron chi connectivity index (χ1n) is 7.66. The highest BCUT2D eigenvalue weighted by atomic mass is 16.2. The number of carbonyl (C=O) groups excluding carboxylic acids is 4. The van der Waals surface area contributed by atoms with E-state index in [1.165, 1.54) is 6.07 Å². The Morgan fingerprint density at radius 3 is 2.38 bits per heavy atom. The zero-order chi connectivity index (χ0) is 18.1. The Kier molecular flexibility index (Phi) is 4.73. The van der Waals surface area contributed by atoms with Crippen molar-refractivity contribution < 1.29 is 19.2 Å². The third-order valence-corrected chi connectivity index (χ3v) is 4.24. The minimum Gasteiger partial charge on any atom is -0.324 e. The molecule has 7 heteroatoms. The van der Waals surface area contributed by atoms with Gasteiger partial charge in [0.15, 0.2) is 11.7 Å². The zero-order valence-corrected chi connectivity index (χ0v) is 14.1. The number of carbonyl (C=O) groups is 4. The molecule has 0 spiro atoms. The first-order valence-corrected chi connectivity index (χ1v) is 7.66. The molecule has 3 N–H and O–H groups in total. The number of hydrazine groups is 1. The van der Waals surface area contributed by atoms with E-state index >= 15 is 0 Å². The molecule has 0 bridgehead atoms. The second-order valence-corrected chi connectivity index (χ2v) is 6.90. The third kappa shape index (κ3) is 3.45. The summed E-state index contributed by atoms with van der Waals surface area (Å²) in [5.41, 5.74) is 4.82. The molecule has 1 heterocycles. The smallest absolute Gasteiger partial charge is 0.258 e. The van der Waals surface area contributed by atoms with Crippen molar-refractivity contribution in [2.75, 3.05) is 5.32 Å². The predicted octanol–water partition coefficient (Wildman–Crippen LogP) is 1.27. The maximum absolute atomic E-state index is 12.4. The number of para-hydroxylation sites is 1. The van der Waals surface area contributed by atoms with Gasteiger partial charge < -0.3 is 5.32 Å². The molecule has 1 aromatic carbocycles. The minimum absolute atomic E-state index is 0.270. The molecule has 3 amide bonds. The largest absolute Gasteiger partial charge is 0.324 e. The van der Waals surface area contributed by atoms with E-state index in [4.69, 9.17) is 0 Å². The lowest BCUT2D eigenvalue weighted by Crippen LogP contribution is -2.53. The lowest BCUT2D eigenvalue weighted by atomic mass is 9.82. The minimum atomic E-state index is -1.52. The van der Waals surface area contributed by atoms with Gasteiger partial charge in [-0.3, -0.25) is 30.0 Å². The van der Waals surface area contributed by atoms with Gasteiger partial charge in [-0.25, -0.2) is 0 Å². The summed E-state index contributed by atoms with van der Waals surface area (Å²) >= 11 is 0. The normalized spacial score (nSPS) is 18.2. The van der Waals surface area contributed by atoms with Crippen molar-refractivity contribution in [2.45, 2.75) is 27.7 Å². The second kappa shape index (κ2) is 6.43. The molecule has 1 aliphatic heterocycles. The number of fused-ring (bicyclic) bond motifs is 1. The van der Waals surface area contributed by atoms with Crippen LogP contribution in [0.3, 0.4) is 0 Å². The van der Waals surface area contributed by atoms with Crippen LogP contribution >= 0.6 is 0 Å². The first kappa shape index (κ1) is 17.7. The summed E-state index contributed by atoms with van der Waals surface area (Å²) in [6, 6.07) is 6.46. The molecule has 2 rings (SSSR count). The Balaban J connectivity index is 2.07. The topological polar surface area (TPSA) is 104 Å². The molecule has 0 fully saturated rings. The third-order valence-electron chi connectivity index (χ3n) is 4.24. The van der Waals surface area contributed by atoms with Gasteiger partial charge in [0.2, 0.25) is 11.8 Å². The Hall–Kier alpha value is -2.70. The standard InChI is InChI=1S/C17H21N3O4/c1-9(17(2,3)4)14(22)19-20-16(24)12-13(21)10-7-5-6-8-11(10)18-15(12)23/h5-9,12H,1-4H3,(H,18,23)(H,19,22)(H,20,24). The van der Waals surface area contributed by atoms with Crippen LogP contribution in [0.25, 0.3) is 0 Å². The van der Waals surface area contributed by atoms with Gasteiger partial charge in [-0.15, -0.1) is 0 Å². The molecule has 24 heavy (non-hydrogen) atoms. The zero-order valence-electron chi connectivity index (χ0n) is 14.1. The molecular weight excluding hydrogens is 310 g/mol. The number of hydrogen-bond acceptors (Lipinski definition) is 4. The van der Waals surface area contributed by atoms with Gasteiger partial charge in [-0.05, 0) is 17.5 Å². The molecular formula is C17H21N3O4. The number of Topliss-reactive ketones (excluding diaryl/α,β-unsaturated/α-hetero) is 1. The van der Waals surface area contributed by atoms with E-state index in [2.05, 4.69) is 16.2 Å². The van der Waals surface area contributed by atoms with Crippen molar-refractivity contribution >= 4 is 29.2 Å². The average molecular weight is 331 g/mol. The maximum Gasteiger partial charge on any atom is 0.258 e. The van der Waals surface area contributed by atoms with Crippen LogP contribution in [0.4, 0.5) is 5.69 Å². The highest BCUT2D eigenvalue weighted by Crippen LogP contribution is 2.26. The lowest BCUT2D eigenvalue weighted by Gasteiger charge is -2.27. The molecule has 1 aromatic rings. The molecule has 128 valence electrons. The molecule has 0 saturated heterocycles. The van der Waals surface area contributed by atoms with Crippen LogP contribution in [0.15, 0.2) is 24.3 Å². The van der Waals surface area contributed by atoms with Crippen LogP contribution in [0.5, 0.6) is 0 Å². The van der Waals surface area contributed by atoms with Crippen molar-refractivity contribution in [1.82, 2.24) is 10.9 Å². The van der Waals surface area contributed by atoms with Crippen molar-refractivity contribution in [2.24, 2.45) is 17.3 Å². The number of benzene rings is 1. The Bertz CT molecular complexity index is 706. The molecule has 2 unspecified atom stereocenters. The van der Waals surface area contributed by atoms with Gasteiger partial charge in [-0.1, -0.05) is 39.8 Å². The monoisotopic (exact) mass is 331 g/mol. The van der Waals surface area contributed by atoms with Crippen LogP contribution in [0.2, 0.25) is 0 Å². The molecule has 1 aliphatic rings. The van der Waals surface area contributed by atoms with Crippen LogP contribution in [0, 0.1) is 17.3 Å². The number of anilines is 1. The summed E-state index contributed by atoms with van der Waals surface area (Å²) in [6.07, 6.45) is 0. The van der Waals surface area contributed by atoms with Gasteiger partial charge in [0, 0.05) is 11.5 Å². The Morgan fingerprint density at radius 2 is 1.75 bits per heavy atom. The van der Waals surface area contributed by atoms with Gasteiger partial charge in [0.1, 0.15) is 0 Å². The van der Waals surface area contributed by atoms with Gasteiger partial charge in [0.25, 0.3) is 5.91 Å². The average Bonchev–Trinajstić information content (AvgIpc) is 2.51. The maximum atomic E-state index is 12.4. The summed E-state index contributed by atoms with van der Waals surface area (Å²) in [6.45, 7) is 7.42. The van der Waals surface area contributed by atoms with Gasteiger partial charge in [0.05, 0.1) is 5.69 Å². The highest BCUT2D eigenvalue weighted by molar-refractivity contribution is 6.30. The van der Waals surface area contributed by atoms with Crippen LogP contribution in [0.1, 0.15) is 38.1 Å². The number of rotatable bonds is 2. The van der Waals surface area contributed by atoms with Crippen molar-refractivity contribution in [3.63, 3.8) is 0 Å². The van der Waals surface area contributed by atoms with Crippen LogP contribution in [-0.4, -0.2) is 23.5 Å². The molecule has 0 radical (unpaired) electrons. The van der Waals surface area contributed by atoms with E-state index in [-0.39, 0.29) is 22.8 Å². The van der Waals surface area contributed by atoms with E-state index in [1.54, 1.807) is 25.1 Å².